The second kappa shape index (κ2) is 6.08. The summed E-state index contributed by atoms with van der Waals surface area (Å²) < 4.78 is 0. The highest BCUT2D eigenvalue weighted by Crippen LogP contribution is 2.12. The van der Waals surface area contributed by atoms with E-state index in [0.29, 0.717) is 24.5 Å². The number of amides is 1. The van der Waals surface area contributed by atoms with Gasteiger partial charge in [-0.3, -0.25) is 14.6 Å². The van der Waals surface area contributed by atoms with Crippen molar-refractivity contribution in [3.05, 3.63) is 18.1 Å². The number of nitrogens with zero attached hydrogens (tertiary/aromatic N) is 3. The molecule has 1 heterocycles. The molecule has 0 aliphatic heterocycles. The van der Waals surface area contributed by atoms with Crippen molar-refractivity contribution >= 4 is 12.2 Å². The Morgan fingerprint density at radius 1 is 1.47 bits per heavy atom. The van der Waals surface area contributed by atoms with Gasteiger partial charge in [0.15, 0.2) is 5.82 Å². The van der Waals surface area contributed by atoms with E-state index in [0.717, 1.165) is 17.9 Å². The minimum Gasteiger partial charge on any atom is -0.276 e. The molecule has 1 rings (SSSR count). The zero-order chi connectivity index (χ0) is 11.1. The summed E-state index contributed by atoms with van der Waals surface area (Å²) in [6.07, 6.45) is 5.64. The van der Waals surface area contributed by atoms with Crippen molar-refractivity contribution < 1.29 is 9.63 Å². The summed E-state index contributed by atoms with van der Waals surface area (Å²) in [5.74, 6) is 0.448. The Labute approximate surface area is 89.0 Å². The van der Waals surface area contributed by atoms with E-state index in [9.17, 15) is 4.79 Å². The van der Waals surface area contributed by atoms with Gasteiger partial charge in [0.1, 0.15) is 0 Å². The Morgan fingerprint density at radius 2 is 2.20 bits per heavy atom. The van der Waals surface area contributed by atoms with Gasteiger partial charge in [-0.25, -0.2) is 4.98 Å². The van der Waals surface area contributed by atoms with E-state index in [1.54, 1.807) is 13.1 Å². The fraction of sp³-hybridized carbons (Fsp3) is 0.500. The minimum atomic E-state index is 0.448. The standard InChI is InChI=1S/C10H15N3O2/c1-3-4-7-15-13(8-14)10-9(2)11-5-6-12-10/h5-6,8H,3-4,7H2,1-2H3. The van der Waals surface area contributed by atoms with Crippen molar-refractivity contribution in [2.45, 2.75) is 26.7 Å². The Kier molecular flexibility index (Phi) is 4.70. The molecule has 0 fully saturated rings. The third-order valence-electron chi connectivity index (χ3n) is 1.89. The van der Waals surface area contributed by atoms with Crippen LogP contribution in [-0.4, -0.2) is 23.0 Å². The maximum absolute atomic E-state index is 10.8. The first kappa shape index (κ1) is 11.6. The lowest BCUT2D eigenvalue weighted by Crippen LogP contribution is -2.24. The van der Waals surface area contributed by atoms with Crippen LogP contribution in [0.1, 0.15) is 25.5 Å². The largest absolute Gasteiger partial charge is 0.276 e. The second-order valence-electron chi connectivity index (χ2n) is 3.08. The quantitative estimate of drug-likeness (QED) is 0.404. The van der Waals surface area contributed by atoms with Crippen LogP contribution in [0.15, 0.2) is 12.4 Å². The molecular formula is C10H15N3O2. The molecule has 0 aliphatic rings. The van der Waals surface area contributed by atoms with E-state index >= 15 is 0 Å². The van der Waals surface area contributed by atoms with Crippen molar-refractivity contribution in [1.29, 1.82) is 0 Å². The highest BCUT2D eigenvalue weighted by atomic mass is 16.7. The normalized spacial score (nSPS) is 10.0. The molecule has 0 atom stereocenters. The molecule has 0 aliphatic carbocycles. The van der Waals surface area contributed by atoms with Gasteiger partial charge in [0.05, 0.1) is 12.3 Å². The summed E-state index contributed by atoms with van der Waals surface area (Å²) in [6, 6.07) is 0. The van der Waals surface area contributed by atoms with Gasteiger partial charge in [-0.1, -0.05) is 13.3 Å². The summed E-state index contributed by atoms with van der Waals surface area (Å²) >= 11 is 0. The van der Waals surface area contributed by atoms with Crippen LogP contribution in [0.3, 0.4) is 0 Å². The molecule has 1 aromatic rings. The number of rotatable bonds is 6. The van der Waals surface area contributed by atoms with Gasteiger partial charge in [0.2, 0.25) is 6.41 Å². The first-order valence-electron chi connectivity index (χ1n) is 4.94. The molecular weight excluding hydrogens is 194 g/mol. The molecule has 1 aromatic heterocycles. The highest BCUT2D eigenvalue weighted by Gasteiger charge is 2.10. The van der Waals surface area contributed by atoms with Crippen LogP contribution in [0.4, 0.5) is 5.82 Å². The second-order valence-corrected chi connectivity index (χ2v) is 3.08. The lowest BCUT2D eigenvalue weighted by molar-refractivity contribution is -0.114. The van der Waals surface area contributed by atoms with Gasteiger partial charge in [0.25, 0.3) is 0 Å². The Balaban J connectivity index is 2.66. The van der Waals surface area contributed by atoms with E-state index in [1.165, 1.54) is 6.20 Å². The van der Waals surface area contributed by atoms with E-state index in [4.69, 9.17) is 4.84 Å². The van der Waals surface area contributed by atoms with Gasteiger partial charge >= 0.3 is 0 Å². The number of hydrogen-bond donors (Lipinski definition) is 0. The molecule has 5 heteroatoms. The first-order chi connectivity index (χ1) is 7.29. The Hall–Kier alpha value is -1.49. The number of anilines is 1. The molecule has 0 saturated heterocycles. The average Bonchev–Trinajstić information content (AvgIpc) is 2.26. The molecule has 0 saturated carbocycles. The predicted molar refractivity (Wildman–Crippen MR) is 56.2 cm³/mol. The summed E-state index contributed by atoms with van der Waals surface area (Å²) in [7, 11) is 0. The van der Waals surface area contributed by atoms with Gasteiger partial charge in [0, 0.05) is 12.4 Å². The molecule has 5 nitrogen and oxygen atoms in total. The van der Waals surface area contributed by atoms with E-state index in [-0.39, 0.29) is 0 Å². The van der Waals surface area contributed by atoms with Crippen LogP contribution in [0, 0.1) is 6.92 Å². The lowest BCUT2D eigenvalue weighted by atomic mass is 10.4. The maximum Gasteiger partial charge on any atom is 0.239 e. The van der Waals surface area contributed by atoms with Crippen molar-refractivity contribution in [2.24, 2.45) is 0 Å². The molecule has 15 heavy (non-hydrogen) atoms. The topological polar surface area (TPSA) is 55.3 Å². The molecule has 82 valence electrons. The fourth-order valence-electron chi connectivity index (χ4n) is 1.07. The number of aryl methyl sites for hydroxylation is 1. The number of carbonyl (C=O) groups is 1. The van der Waals surface area contributed by atoms with E-state index in [1.807, 2.05) is 0 Å². The smallest absolute Gasteiger partial charge is 0.239 e. The maximum atomic E-state index is 10.8. The molecule has 0 unspecified atom stereocenters. The third kappa shape index (κ3) is 3.28. The zero-order valence-corrected chi connectivity index (χ0v) is 9.01. The lowest BCUT2D eigenvalue weighted by Gasteiger charge is -2.16. The minimum absolute atomic E-state index is 0.448. The van der Waals surface area contributed by atoms with Crippen LogP contribution in [0.2, 0.25) is 0 Å². The Bertz CT molecular complexity index is 317. The van der Waals surface area contributed by atoms with Crippen LogP contribution in [0.5, 0.6) is 0 Å². The van der Waals surface area contributed by atoms with Crippen LogP contribution in [0.25, 0.3) is 0 Å². The van der Waals surface area contributed by atoms with Crippen molar-refractivity contribution in [3.8, 4) is 0 Å². The third-order valence-corrected chi connectivity index (χ3v) is 1.89. The fourth-order valence-corrected chi connectivity index (χ4v) is 1.07. The van der Waals surface area contributed by atoms with E-state index in [2.05, 4.69) is 16.9 Å². The molecule has 0 radical (unpaired) electrons. The summed E-state index contributed by atoms with van der Waals surface area (Å²) in [4.78, 5) is 24.1. The number of hydrogen-bond acceptors (Lipinski definition) is 4. The van der Waals surface area contributed by atoms with Crippen molar-refractivity contribution in [3.63, 3.8) is 0 Å². The summed E-state index contributed by atoms with van der Waals surface area (Å²) in [5.41, 5.74) is 0.668. The van der Waals surface area contributed by atoms with Gasteiger partial charge < -0.3 is 0 Å². The predicted octanol–water partition coefficient (Wildman–Crippen LogP) is 1.48. The molecule has 0 spiro atoms. The van der Waals surface area contributed by atoms with Crippen LogP contribution < -0.4 is 5.06 Å². The molecule has 0 bridgehead atoms. The van der Waals surface area contributed by atoms with Crippen molar-refractivity contribution in [1.82, 2.24) is 9.97 Å². The van der Waals surface area contributed by atoms with E-state index < -0.39 is 0 Å². The zero-order valence-electron chi connectivity index (χ0n) is 9.01. The first-order valence-corrected chi connectivity index (χ1v) is 4.94. The molecule has 0 N–H and O–H groups in total. The number of carbonyl (C=O) groups excluding carboxylic acids is 1. The Morgan fingerprint density at radius 3 is 2.80 bits per heavy atom. The summed E-state index contributed by atoms with van der Waals surface area (Å²) in [6.45, 7) is 4.34. The number of aromatic nitrogens is 2. The highest BCUT2D eigenvalue weighted by molar-refractivity contribution is 5.70. The van der Waals surface area contributed by atoms with Gasteiger partial charge in [-0.05, 0) is 13.3 Å². The number of hydroxylamine groups is 1. The molecule has 1 amide bonds. The monoisotopic (exact) mass is 209 g/mol. The average molecular weight is 209 g/mol. The van der Waals surface area contributed by atoms with Gasteiger partial charge in [-0.15, -0.1) is 0 Å². The van der Waals surface area contributed by atoms with Crippen LogP contribution >= 0.6 is 0 Å². The van der Waals surface area contributed by atoms with Gasteiger partial charge in [-0.2, -0.15) is 5.06 Å². The molecule has 0 aromatic carbocycles. The van der Waals surface area contributed by atoms with Crippen molar-refractivity contribution in [2.75, 3.05) is 11.7 Å². The SMILES string of the molecule is CCCCON(C=O)c1nccnc1C. The summed E-state index contributed by atoms with van der Waals surface area (Å²) in [5, 5.41) is 1.12. The van der Waals surface area contributed by atoms with Crippen LogP contribution in [-0.2, 0) is 9.63 Å². The number of unbranched alkanes of at least 4 members (excludes halogenated alkanes) is 1.